The first-order chi connectivity index (χ1) is 7.12. The zero-order valence-electron chi connectivity index (χ0n) is 8.52. The van der Waals surface area contributed by atoms with Crippen molar-refractivity contribution in [3.63, 3.8) is 0 Å². The van der Waals surface area contributed by atoms with Crippen LogP contribution in [0.25, 0.3) is 0 Å². The highest BCUT2D eigenvalue weighted by molar-refractivity contribution is 5.26. The summed E-state index contributed by atoms with van der Waals surface area (Å²) in [6.45, 7) is 3.55. The van der Waals surface area contributed by atoms with Gasteiger partial charge in [-0.25, -0.2) is 8.78 Å². The lowest BCUT2D eigenvalue weighted by atomic mass is 9.91. The fraction of sp³-hybridized carbons (Fsp3) is 0.455. The van der Waals surface area contributed by atoms with E-state index in [1.54, 1.807) is 0 Å². The van der Waals surface area contributed by atoms with E-state index in [1.807, 2.05) is 6.92 Å². The monoisotopic (exact) mass is 213 g/mol. The summed E-state index contributed by atoms with van der Waals surface area (Å²) >= 11 is 0. The summed E-state index contributed by atoms with van der Waals surface area (Å²) in [5.74, 6) is -1.09. The molecule has 2 nitrogen and oxygen atoms in total. The molecule has 1 atom stereocenters. The first kappa shape index (κ1) is 10.5. The zero-order valence-corrected chi connectivity index (χ0v) is 8.52. The van der Waals surface area contributed by atoms with E-state index in [1.165, 1.54) is 12.1 Å². The number of benzene rings is 1. The van der Waals surface area contributed by atoms with Gasteiger partial charge in [-0.15, -0.1) is 0 Å². The van der Waals surface area contributed by atoms with Gasteiger partial charge in [0.25, 0.3) is 0 Å². The van der Waals surface area contributed by atoms with Crippen molar-refractivity contribution in [2.45, 2.75) is 12.5 Å². The van der Waals surface area contributed by atoms with E-state index < -0.39 is 17.2 Å². The minimum Gasteiger partial charge on any atom is -0.378 e. The minimum absolute atomic E-state index is 0.398. The average molecular weight is 213 g/mol. The predicted octanol–water partition coefficient (Wildman–Crippen LogP) is 1.80. The van der Waals surface area contributed by atoms with Crippen LogP contribution in [-0.2, 0) is 10.3 Å². The lowest BCUT2D eigenvalue weighted by molar-refractivity contribution is 0.0323. The second-order valence-electron chi connectivity index (χ2n) is 3.94. The Kier molecular flexibility index (Phi) is 2.71. The van der Waals surface area contributed by atoms with Crippen molar-refractivity contribution in [2.75, 3.05) is 19.8 Å². The van der Waals surface area contributed by atoms with Gasteiger partial charge in [0, 0.05) is 18.2 Å². The van der Waals surface area contributed by atoms with Crippen molar-refractivity contribution in [3.05, 3.63) is 35.4 Å². The molecule has 4 heteroatoms. The summed E-state index contributed by atoms with van der Waals surface area (Å²) in [4.78, 5) is 0. The molecule has 1 aliphatic rings. The van der Waals surface area contributed by atoms with Crippen molar-refractivity contribution >= 4 is 0 Å². The summed E-state index contributed by atoms with van der Waals surface area (Å²) in [5, 5.41) is 3.18. The molecule has 15 heavy (non-hydrogen) atoms. The Hall–Kier alpha value is -1.00. The van der Waals surface area contributed by atoms with Gasteiger partial charge in [-0.1, -0.05) is 6.07 Å². The lowest BCUT2D eigenvalue weighted by Gasteiger charge is -2.35. The Morgan fingerprint density at radius 1 is 1.40 bits per heavy atom. The molecule has 1 aromatic rings. The first-order valence-electron chi connectivity index (χ1n) is 4.90. The van der Waals surface area contributed by atoms with Crippen LogP contribution in [0, 0.1) is 11.6 Å². The van der Waals surface area contributed by atoms with Gasteiger partial charge in [0.2, 0.25) is 0 Å². The molecule has 1 aliphatic heterocycles. The quantitative estimate of drug-likeness (QED) is 0.768. The normalized spacial score (nSPS) is 26.6. The molecule has 0 unspecified atom stereocenters. The van der Waals surface area contributed by atoms with E-state index in [4.69, 9.17) is 4.74 Å². The van der Waals surface area contributed by atoms with Crippen molar-refractivity contribution in [2.24, 2.45) is 0 Å². The van der Waals surface area contributed by atoms with Crippen LogP contribution >= 0.6 is 0 Å². The smallest absolute Gasteiger partial charge is 0.131 e. The number of hydrogen-bond acceptors (Lipinski definition) is 2. The lowest BCUT2D eigenvalue weighted by Crippen LogP contribution is -2.49. The molecule has 1 aromatic carbocycles. The molecule has 1 N–H and O–H groups in total. The molecule has 1 heterocycles. The van der Waals surface area contributed by atoms with E-state index in [0.29, 0.717) is 25.3 Å². The topological polar surface area (TPSA) is 21.3 Å². The summed E-state index contributed by atoms with van der Waals surface area (Å²) in [6.07, 6.45) is 0. The Labute approximate surface area is 87.2 Å². The van der Waals surface area contributed by atoms with E-state index in [9.17, 15) is 8.78 Å². The van der Waals surface area contributed by atoms with Crippen LogP contribution in [0.15, 0.2) is 18.2 Å². The standard InChI is InChI=1S/C11H13F2NO/c1-11(7-15-5-4-14-11)9-3-2-8(12)6-10(9)13/h2-3,6,14H,4-5,7H2,1H3/t11-/m0/s1. The second kappa shape index (κ2) is 3.87. The molecule has 0 radical (unpaired) electrons. The number of rotatable bonds is 1. The molecule has 1 fully saturated rings. The third-order valence-electron chi connectivity index (χ3n) is 2.68. The van der Waals surface area contributed by atoms with Crippen LogP contribution in [0.4, 0.5) is 8.78 Å². The molecule has 1 saturated heterocycles. The predicted molar refractivity (Wildman–Crippen MR) is 52.5 cm³/mol. The maximum atomic E-state index is 13.5. The molecule has 82 valence electrons. The van der Waals surface area contributed by atoms with E-state index >= 15 is 0 Å². The Bertz CT molecular complexity index is 362. The molecule has 0 bridgehead atoms. The van der Waals surface area contributed by atoms with Gasteiger partial charge in [0.1, 0.15) is 11.6 Å². The SMILES string of the molecule is C[C@@]1(c2ccc(F)cc2F)COCCN1. The molecule has 2 rings (SSSR count). The molecule has 0 aliphatic carbocycles. The fourth-order valence-corrected chi connectivity index (χ4v) is 1.84. The van der Waals surface area contributed by atoms with Crippen LogP contribution in [0.1, 0.15) is 12.5 Å². The van der Waals surface area contributed by atoms with Crippen molar-refractivity contribution in [3.8, 4) is 0 Å². The largest absolute Gasteiger partial charge is 0.378 e. The molecular formula is C11H13F2NO. The highest BCUT2D eigenvalue weighted by Crippen LogP contribution is 2.26. The number of hydrogen-bond donors (Lipinski definition) is 1. The van der Waals surface area contributed by atoms with Gasteiger partial charge in [0.05, 0.1) is 18.8 Å². The summed E-state index contributed by atoms with van der Waals surface area (Å²) < 4.78 is 31.6. The second-order valence-corrected chi connectivity index (χ2v) is 3.94. The molecule has 0 spiro atoms. The van der Waals surface area contributed by atoms with Crippen molar-refractivity contribution in [1.29, 1.82) is 0 Å². The van der Waals surface area contributed by atoms with Crippen molar-refractivity contribution in [1.82, 2.24) is 5.32 Å². The third kappa shape index (κ3) is 2.01. The molecular weight excluding hydrogens is 200 g/mol. The van der Waals surface area contributed by atoms with E-state index in [-0.39, 0.29) is 0 Å². The number of ether oxygens (including phenoxy) is 1. The summed E-state index contributed by atoms with van der Waals surface area (Å²) in [5.41, 5.74) is -0.112. The number of nitrogens with one attached hydrogen (secondary N) is 1. The summed E-state index contributed by atoms with van der Waals surface area (Å²) in [7, 11) is 0. The van der Waals surface area contributed by atoms with Gasteiger partial charge in [-0.05, 0) is 13.0 Å². The van der Waals surface area contributed by atoms with Gasteiger partial charge in [0.15, 0.2) is 0 Å². The number of halogens is 2. The summed E-state index contributed by atoms with van der Waals surface area (Å²) in [6, 6.07) is 3.63. The van der Waals surface area contributed by atoms with E-state index in [2.05, 4.69) is 5.32 Å². The molecule has 0 amide bonds. The molecule has 0 aromatic heterocycles. The third-order valence-corrected chi connectivity index (χ3v) is 2.68. The zero-order chi connectivity index (χ0) is 10.9. The molecule has 0 saturated carbocycles. The van der Waals surface area contributed by atoms with Crippen LogP contribution in [-0.4, -0.2) is 19.8 Å². The Balaban J connectivity index is 2.35. The van der Waals surface area contributed by atoms with Gasteiger partial charge < -0.3 is 10.1 Å². The highest BCUT2D eigenvalue weighted by atomic mass is 19.1. The van der Waals surface area contributed by atoms with Crippen LogP contribution in [0.2, 0.25) is 0 Å². The maximum absolute atomic E-state index is 13.5. The Morgan fingerprint density at radius 3 is 2.80 bits per heavy atom. The van der Waals surface area contributed by atoms with Crippen LogP contribution in [0.5, 0.6) is 0 Å². The average Bonchev–Trinajstić information content (AvgIpc) is 2.18. The highest BCUT2D eigenvalue weighted by Gasteiger charge is 2.31. The first-order valence-corrected chi connectivity index (χ1v) is 4.90. The van der Waals surface area contributed by atoms with Gasteiger partial charge in [-0.2, -0.15) is 0 Å². The number of morpholine rings is 1. The Morgan fingerprint density at radius 2 is 2.20 bits per heavy atom. The van der Waals surface area contributed by atoms with Gasteiger partial charge in [-0.3, -0.25) is 0 Å². The minimum atomic E-state index is -0.559. The van der Waals surface area contributed by atoms with Gasteiger partial charge >= 0.3 is 0 Å². The fourth-order valence-electron chi connectivity index (χ4n) is 1.84. The van der Waals surface area contributed by atoms with Crippen molar-refractivity contribution < 1.29 is 13.5 Å². The van der Waals surface area contributed by atoms with Crippen LogP contribution < -0.4 is 5.32 Å². The maximum Gasteiger partial charge on any atom is 0.131 e. The van der Waals surface area contributed by atoms with Crippen LogP contribution in [0.3, 0.4) is 0 Å². The van der Waals surface area contributed by atoms with E-state index in [0.717, 1.165) is 6.07 Å².